The number of hydrogen-bond donors (Lipinski definition) is 0. The van der Waals surface area contributed by atoms with E-state index in [1.54, 1.807) is 0 Å². The van der Waals surface area contributed by atoms with Gasteiger partial charge in [-0.15, -0.1) is 0 Å². The predicted molar refractivity (Wildman–Crippen MR) is 48.6 cm³/mol. The Bertz CT molecular complexity index is 176. The molecule has 1 aromatic rings. The smallest absolute Gasteiger partial charge is 0.0247 e. The van der Waals surface area contributed by atoms with E-state index in [-0.39, 0.29) is 0 Å². The minimum atomic E-state index is 1.08. The molecule has 0 spiro atoms. The van der Waals surface area contributed by atoms with Crippen LogP contribution >= 0.6 is 22.6 Å². The average molecular weight is 231 g/mol. The van der Waals surface area contributed by atoms with Crippen LogP contribution in [-0.2, 0) is 4.43 Å². The summed E-state index contributed by atoms with van der Waals surface area (Å²) in [6.45, 7) is 3.79. The van der Waals surface area contributed by atoms with Gasteiger partial charge in [0, 0.05) is 4.43 Å². The van der Waals surface area contributed by atoms with Crippen molar-refractivity contribution in [3.05, 3.63) is 42.3 Å². The maximum Gasteiger partial charge on any atom is 0.0247 e. The van der Waals surface area contributed by atoms with Crippen LogP contribution in [0.4, 0.5) is 0 Å². The number of halogens is 1. The van der Waals surface area contributed by atoms with E-state index in [1.807, 2.05) is 12.1 Å². The van der Waals surface area contributed by atoms with Crippen LogP contribution in [0.1, 0.15) is 11.1 Å². The highest BCUT2D eigenvalue weighted by Crippen LogP contribution is 2.06. The first-order chi connectivity index (χ1) is 4.33. The predicted octanol–water partition coefficient (Wildman–Crippen LogP) is 2.80. The SMILES string of the molecule is [CH2]c1ccc(CI)cc1. The topological polar surface area (TPSA) is 0 Å². The van der Waals surface area contributed by atoms with Crippen LogP contribution in [0.5, 0.6) is 0 Å². The summed E-state index contributed by atoms with van der Waals surface area (Å²) >= 11 is 2.34. The zero-order valence-corrected chi connectivity index (χ0v) is 7.26. The lowest BCUT2D eigenvalue weighted by Crippen LogP contribution is -1.75. The first-order valence-corrected chi connectivity index (χ1v) is 4.32. The van der Waals surface area contributed by atoms with Gasteiger partial charge in [0.15, 0.2) is 0 Å². The Morgan fingerprint density at radius 3 is 2.22 bits per heavy atom. The van der Waals surface area contributed by atoms with Gasteiger partial charge in [-0.05, 0) is 18.1 Å². The fourth-order valence-electron chi connectivity index (χ4n) is 0.628. The quantitative estimate of drug-likeness (QED) is 0.515. The lowest BCUT2D eigenvalue weighted by atomic mass is 10.2. The third-order valence-corrected chi connectivity index (χ3v) is 2.06. The molecule has 0 aromatic heterocycles. The maximum absolute atomic E-state index is 3.79. The molecule has 0 aliphatic heterocycles. The van der Waals surface area contributed by atoms with E-state index in [1.165, 1.54) is 5.56 Å². The van der Waals surface area contributed by atoms with Crippen molar-refractivity contribution in [2.75, 3.05) is 0 Å². The van der Waals surface area contributed by atoms with Gasteiger partial charge < -0.3 is 0 Å². The molecule has 9 heavy (non-hydrogen) atoms. The van der Waals surface area contributed by atoms with Crippen LogP contribution in [0.3, 0.4) is 0 Å². The maximum atomic E-state index is 3.79. The molecule has 0 aliphatic rings. The Labute approximate surface area is 69.4 Å². The van der Waals surface area contributed by atoms with Gasteiger partial charge in [-0.3, -0.25) is 0 Å². The van der Waals surface area contributed by atoms with Crippen LogP contribution in [0.15, 0.2) is 24.3 Å². The van der Waals surface area contributed by atoms with Gasteiger partial charge in [-0.25, -0.2) is 0 Å². The van der Waals surface area contributed by atoms with Crippen molar-refractivity contribution in [3.8, 4) is 0 Å². The Hall–Kier alpha value is -0.0500. The Morgan fingerprint density at radius 1 is 1.22 bits per heavy atom. The monoisotopic (exact) mass is 231 g/mol. The van der Waals surface area contributed by atoms with Crippen molar-refractivity contribution in [2.24, 2.45) is 0 Å². The number of hydrogen-bond acceptors (Lipinski definition) is 0. The number of alkyl halides is 1. The molecule has 0 unspecified atom stereocenters. The molecule has 47 valence electrons. The zero-order valence-electron chi connectivity index (χ0n) is 5.10. The first-order valence-electron chi connectivity index (χ1n) is 2.80. The second-order valence-corrected chi connectivity index (χ2v) is 2.71. The van der Waals surface area contributed by atoms with Crippen LogP contribution in [-0.4, -0.2) is 0 Å². The highest BCUT2D eigenvalue weighted by atomic mass is 127. The van der Waals surface area contributed by atoms with Crippen LogP contribution < -0.4 is 0 Å². The Morgan fingerprint density at radius 2 is 1.78 bits per heavy atom. The summed E-state index contributed by atoms with van der Waals surface area (Å²) in [4.78, 5) is 0. The van der Waals surface area contributed by atoms with Crippen molar-refractivity contribution in [3.63, 3.8) is 0 Å². The molecular weight excluding hydrogens is 223 g/mol. The third kappa shape index (κ3) is 1.97. The summed E-state index contributed by atoms with van der Waals surface area (Å²) in [6.07, 6.45) is 0. The van der Waals surface area contributed by atoms with Gasteiger partial charge in [0.05, 0.1) is 0 Å². The van der Waals surface area contributed by atoms with Crippen molar-refractivity contribution in [1.29, 1.82) is 0 Å². The largest absolute Gasteiger partial charge is 0.0812 e. The summed E-state index contributed by atoms with van der Waals surface area (Å²) < 4.78 is 1.08. The highest BCUT2D eigenvalue weighted by Gasteiger charge is 1.85. The molecular formula is C8H8I. The molecule has 0 saturated heterocycles. The zero-order chi connectivity index (χ0) is 6.69. The molecule has 0 N–H and O–H groups in total. The van der Waals surface area contributed by atoms with Gasteiger partial charge in [0.1, 0.15) is 0 Å². The molecule has 0 saturated carbocycles. The molecule has 0 bridgehead atoms. The van der Waals surface area contributed by atoms with Crippen LogP contribution in [0.2, 0.25) is 0 Å². The van der Waals surface area contributed by atoms with Crippen molar-refractivity contribution >= 4 is 22.6 Å². The normalized spacial score (nSPS) is 9.56. The van der Waals surface area contributed by atoms with Gasteiger partial charge in [0.25, 0.3) is 0 Å². The summed E-state index contributed by atoms with van der Waals surface area (Å²) in [5.74, 6) is 0. The van der Waals surface area contributed by atoms with Crippen molar-refractivity contribution in [1.82, 2.24) is 0 Å². The van der Waals surface area contributed by atoms with Gasteiger partial charge in [0.2, 0.25) is 0 Å². The summed E-state index contributed by atoms with van der Waals surface area (Å²) in [5.41, 5.74) is 2.45. The van der Waals surface area contributed by atoms with E-state index in [0.29, 0.717) is 0 Å². The molecule has 1 rings (SSSR count). The molecule has 1 radical (unpaired) electrons. The summed E-state index contributed by atoms with van der Waals surface area (Å²) in [7, 11) is 0. The minimum absolute atomic E-state index is 1.08. The Kier molecular flexibility index (Phi) is 2.51. The van der Waals surface area contributed by atoms with E-state index < -0.39 is 0 Å². The van der Waals surface area contributed by atoms with Crippen LogP contribution in [0.25, 0.3) is 0 Å². The standard InChI is InChI=1S/C8H8I/c1-7-2-4-8(6-9)5-3-7/h2-5H,1,6H2. The molecule has 0 aliphatic carbocycles. The van der Waals surface area contributed by atoms with E-state index in [4.69, 9.17) is 0 Å². The Balaban J connectivity index is 2.88. The van der Waals surface area contributed by atoms with Gasteiger partial charge in [-0.2, -0.15) is 0 Å². The van der Waals surface area contributed by atoms with E-state index >= 15 is 0 Å². The van der Waals surface area contributed by atoms with E-state index in [9.17, 15) is 0 Å². The van der Waals surface area contributed by atoms with Crippen molar-refractivity contribution in [2.45, 2.75) is 4.43 Å². The fourth-order valence-corrected chi connectivity index (χ4v) is 1.14. The molecule has 0 fully saturated rings. The fraction of sp³-hybridized carbons (Fsp3) is 0.125. The van der Waals surface area contributed by atoms with E-state index in [0.717, 1.165) is 9.99 Å². The van der Waals surface area contributed by atoms with Crippen LogP contribution in [0, 0.1) is 6.92 Å². The summed E-state index contributed by atoms with van der Waals surface area (Å²) in [5, 5.41) is 0. The molecule has 0 nitrogen and oxygen atoms in total. The number of benzene rings is 1. The molecule has 1 aromatic carbocycles. The minimum Gasteiger partial charge on any atom is -0.0812 e. The van der Waals surface area contributed by atoms with E-state index in [2.05, 4.69) is 41.6 Å². The second kappa shape index (κ2) is 3.20. The van der Waals surface area contributed by atoms with Gasteiger partial charge >= 0.3 is 0 Å². The third-order valence-electron chi connectivity index (χ3n) is 1.18. The molecule has 1 heteroatoms. The average Bonchev–Trinajstić information content (AvgIpc) is 1.90. The molecule has 0 amide bonds. The summed E-state index contributed by atoms with van der Waals surface area (Å²) in [6, 6.07) is 8.28. The second-order valence-electron chi connectivity index (χ2n) is 1.95. The molecule has 0 heterocycles. The lowest BCUT2D eigenvalue weighted by Gasteiger charge is -1.93. The molecule has 0 atom stereocenters. The highest BCUT2D eigenvalue weighted by molar-refractivity contribution is 14.1. The first kappa shape index (κ1) is 7.06. The van der Waals surface area contributed by atoms with Gasteiger partial charge in [-0.1, -0.05) is 46.9 Å². The number of rotatable bonds is 1. The van der Waals surface area contributed by atoms with Crippen molar-refractivity contribution < 1.29 is 0 Å². The lowest BCUT2D eigenvalue weighted by molar-refractivity contribution is 1.44.